The van der Waals surface area contributed by atoms with Gasteiger partial charge in [-0.25, -0.2) is 0 Å². The van der Waals surface area contributed by atoms with Crippen molar-refractivity contribution < 1.29 is 5.11 Å². The second-order valence-electron chi connectivity index (χ2n) is 2.97. The van der Waals surface area contributed by atoms with E-state index in [2.05, 4.69) is 11.7 Å². The molecule has 0 radical (unpaired) electrons. The van der Waals surface area contributed by atoms with Crippen molar-refractivity contribution in [3.05, 3.63) is 30.6 Å². The highest BCUT2D eigenvalue weighted by atomic mass is 16.3. The average Bonchev–Trinajstić information content (AvgIpc) is 2.50. The number of rotatable bonds is 3. The van der Waals surface area contributed by atoms with Gasteiger partial charge >= 0.3 is 0 Å². The lowest BCUT2D eigenvalue weighted by molar-refractivity contribution is 0.213. The number of aliphatic hydroxyl groups is 1. The summed E-state index contributed by atoms with van der Waals surface area (Å²) in [5.74, 6) is 0. The Hall–Kier alpha value is -1.09. The van der Waals surface area contributed by atoms with Crippen LogP contribution in [0, 0.1) is 0 Å². The lowest BCUT2D eigenvalue weighted by atomic mass is 10.2. The van der Waals surface area contributed by atoms with E-state index in [-0.39, 0.29) is 6.04 Å². The number of hydrogen-bond acceptors (Lipinski definition) is 2. The lowest BCUT2D eigenvalue weighted by Crippen LogP contribution is -2.09. The molecule has 0 aliphatic rings. The summed E-state index contributed by atoms with van der Waals surface area (Å²) in [5.41, 5.74) is 0.792. The van der Waals surface area contributed by atoms with Crippen LogP contribution >= 0.6 is 0 Å². The van der Waals surface area contributed by atoms with Crippen molar-refractivity contribution in [3.8, 4) is 0 Å². The zero-order valence-corrected chi connectivity index (χ0v) is 7.44. The first-order valence-corrected chi connectivity index (χ1v) is 4.01. The highest BCUT2D eigenvalue weighted by Gasteiger charge is 2.10. The number of hydrogen-bond donors (Lipinski definition) is 1. The quantitative estimate of drug-likeness (QED) is 0.694. The molecule has 0 aromatic carbocycles. The minimum atomic E-state index is -0.616. The van der Waals surface area contributed by atoms with Gasteiger partial charge in [0, 0.05) is 12.2 Å². The van der Waals surface area contributed by atoms with E-state index < -0.39 is 6.10 Å². The molecule has 0 aliphatic carbocycles. The van der Waals surface area contributed by atoms with Crippen LogP contribution in [0.3, 0.4) is 0 Å². The van der Waals surface area contributed by atoms with E-state index in [4.69, 9.17) is 0 Å². The first kappa shape index (κ1) is 9.00. The predicted octanol–water partition coefficient (Wildman–Crippen LogP) is 1.68. The van der Waals surface area contributed by atoms with Crippen LogP contribution in [0.15, 0.2) is 24.9 Å². The van der Waals surface area contributed by atoms with Gasteiger partial charge in [0.1, 0.15) is 6.10 Å². The molecule has 1 aromatic rings. The fourth-order valence-corrected chi connectivity index (χ4v) is 1.11. The third kappa shape index (κ3) is 1.56. The Labute approximate surface area is 72.3 Å². The van der Waals surface area contributed by atoms with E-state index in [0.29, 0.717) is 0 Å². The molecular formula is C9H14N2O. The van der Waals surface area contributed by atoms with Gasteiger partial charge in [-0.15, -0.1) is 6.58 Å². The van der Waals surface area contributed by atoms with Crippen molar-refractivity contribution in [2.24, 2.45) is 0 Å². The van der Waals surface area contributed by atoms with Crippen molar-refractivity contribution in [1.29, 1.82) is 0 Å². The van der Waals surface area contributed by atoms with Gasteiger partial charge in [-0.1, -0.05) is 6.08 Å². The fourth-order valence-electron chi connectivity index (χ4n) is 1.11. The van der Waals surface area contributed by atoms with Gasteiger partial charge in [0.05, 0.1) is 5.69 Å². The van der Waals surface area contributed by atoms with Gasteiger partial charge in [0.2, 0.25) is 0 Å². The Bertz CT molecular complexity index is 265. The Morgan fingerprint density at radius 1 is 1.67 bits per heavy atom. The zero-order chi connectivity index (χ0) is 9.14. The molecule has 0 bridgehead atoms. The molecule has 3 heteroatoms. The molecule has 1 unspecified atom stereocenters. The highest BCUT2D eigenvalue weighted by molar-refractivity contribution is 5.10. The Morgan fingerprint density at radius 3 is 2.83 bits per heavy atom. The molecule has 0 aliphatic heterocycles. The second-order valence-corrected chi connectivity index (χ2v) is 2.97. The number of nitrogens with zero attached hydrogens (tertiary/aromatic N) is 2. The van der Waals surface area contributed by atoms with Crippen LogP contribution in [0.5, 0.6) is 0 Å². The number of aromatic nitrogens is 2. The first-order chi connectivity index (χ1) is 5.66. The molecule has 1 rings (SSSR count). The standard InChI is InChI=1S/C9H14N2O/c1-4-9(12)8-5-6-10-11(8)7(2)3/h4-7,9,12H,1H2,2-3H3. The third-order valence-electron chi connectivity index (χ3n) is 1.72. The molecule has 66 valence electrons. The van der Waals surface area contributed by atoms with Gasteiger partial charge in [0.25, 0.3) is 0 Å². The maximum absolute atomic E-state index is 9.47. The summed E-state index contributed by atoms with van der Waals surface area (Å²) in [4.78, 5) is 0. The molecule has 1 heterocycles. The second kappa shape index (κ2) is 3.54. The van der Waals surface area contributed by atoms with E-state index in [1.807, 2.05) is 13.8 Å². The van der Waals surface area contributed by atoms with E-state index in [9.17, 15) is 5.11 Å². The molecule has 0 saturated carbocycles. The minimum Gasteiger partial charge on any atom is -0.383 e. The van der Waals surface area contributed by atoms with Crippen LogP contribution in [-0.2, 0) is 0 Å². The zero-order valence-electron chi connectivity index (χ0n) is 7.44. The van der Waals surface area contributed by atoms with Crippen LogP contribution in [0.2, 0.25) is 0 Å². The van der Waals surface area contributed by atoms with Crippen LogP contribution in [0.1, 0.15) is 31.7 Å². The van der Waals surface area contributed by atoms with Crippen molar-refractivity contribution in [1.82, 2.24) is 9.78 Å². The van der Waals surface area contributed by atoms with Gasteiger partial charge in [0.15, 0.2) is 0 Å². The maximum atomic E-state index is 9.47. The highest BCUT2D eigenvalue weighted by Crippen LogP contribution is 2.16. The van der Waals surface area contributed by atoms with Gasteiger partial charge in [-0.3, -0.25) is 4.68 Å². The molecule has 0 fully saturated rings. The molecule has 3 nitrogen and oxygen atoms in total. The summed E-state index contributed by atoms with van der Waals surface area (Å²) in [5, 5.41) is 13.6. The maximum Gasteiger partial charge on any atom is 0.113 e. The first-order valence-electron chi connectivity index (χ1n) is 4.01. The Kier molecular flexibility index (Phi) is 2.65. The molecule has 0 spiro atoms. The Balaban J connectivity index is 2.98. The molecule has 12 heavy (non-hydrogen) atoms. The normalized spacial score (nSPS) is 13.3. The van der Waals surface area contributed by atoms with Gasteiger partial charge < -0.3 is 5.11 Å². The van der Waals surface area contributed by atoms with E-state index >= 15 is 0 Å². The smallest absolute Gasteiger partial charge is 0.113 e. The Morgan fingerprint density at radius 2 is 2.33 bits per heavy atom. The fraction of sp³-hybridized carbons (Fsp3) is 0.444. The SMILES string of the molecule is C=CC(O)c1ccnn1C(C)C. The average molecular weight is 166 g/mol. The molecule has 1 N–H and O–H groups in total. The van der Waals surface area contributed by atoms with E-state index in [1.54, 1.807) is 16.9 Å². The van der Waals surface area contributed by atoms with Crippen LogP contribution in [-0.4, -0.2) is 14.9 Å². The minimum absolute atomic E-state index is 0.268. The number of aliphatic hydroxyl groups excluding tert-OH is 1. The van der Waals surface area contributed by atoms with Crippen LogP contribution in [0.25, 0.3) is 0 Å². The van der Waals surface area contributed by atoms with Crippen molar-refractivity contribution in [2.75, 3.05) is 0 Å². The van der Waals surface area contributed by atoms with Crippen LogP contribution < -0.4 is 0 Å². The van der Waals surface area contributed by atoms with Crippen molar-refractivity contribution in [2.45, 2.75) is 26.0 Å². The van der Waals surface area contributed by atoms with Gasteiger partial charge in [-0.05, 0) is 19.9 Å². The van der Waals surface area contributed by atoms with Crippen LogP contribution in [0.4, 0.5) is 0 Å². The summed E-state index contributed by atoms with van der Waals surface area (Å²) in [7, 11) is 0. The van der Waals surface area contributed by atoms with E-state index in [0.717, 1.165) is 5.69 Å². The summed E-state index contributed by atoms with van der Waals surface area (Å²) < 4.78 is 1.78. The molecule has 0 saturated heterocycles. The summed E-state index contributed by atoms with van der Waals surface area (Å²) in [6, 6.07) is 2.07. The summed E-state index contributed by atoms with van der Waals surface area (Å²) >= 11 is 0. The predicted molar refractivity (Wildman–Crippen MR) is 47.8 cm³/mol. The van der Waals surface area contributed by atoms with Gasteiger partial charge in [-0.2, -0.15) is 5.10 Å². The lowest BCUT2D eigenvalue weighted by Gasteiger charge is -2.12. The topological polar surface area (TPSA) is 38.1 Å². The summed E-state index contributed by atoms with van der Waals surface area (Å²) in [6.45, 7) is 7.57. The molecule has 1 atom stereocenters. The summed E-state index contributed by atoms with van der Waals surface area (Å²) in [6.07, 6.45) is 2.56. The largest absolute Gasteiger partial charge is 0.383 e. The molecular weight excluding hydrogens is 152 g/mol. The molecule has 0 amide bonds. The third-order valence-corrected chi connectivity index (χ3v) is 1.72. The van der Waals surface area contributed by atoms with Crippen molar-refractivity contribution in [3.63, 3.8) is 0 Å². The monoisotopic (exact) mass is 166 g/mol. The van der Waals surface area contributed by atoms with Crippen molar-refractivity contribution >= 4 is 0 Å². The van der Waals surface area contributed by atoms with E-state index in [1.165, 1.54) is 6.08 Å². The molecule has 1 aromatic heterocycles.